The van der Waals surface area contributed by atoms with Crippen molar-refractivity contribution in [3.8, 4) is 0 Å². The first kappa shape index (κ1) is 23.2. The Morgan fingerprint density at radius 3 is 1.53 bits per heavy atom. The molecular weight excluding hydrogens is 436 g/mol. The molecule has 7 heteroatoms. The Hall–Kier alpha value is -3.97. The Bertz CT molecular complexity index is 1120. The predicted octanol–water partition coefficient (Wildman–Crippen LogP) is 4.08. The number of hydrogen-bond acceptors (Lipinski definition) is 7. The molecule has 3 aromatic carbocycles. The van der Waals surface area contributed by atoms with Gasteiger partial charge < -0.3 is 18.9 Å². The molecule has 0 aromatic heterocycles. The van der Waals surface area contributed by atoms with Crippen LogP contribution >= 0.6 is 0 Å². The zero-order valence-corrected chi connectivity index (χ0v) is 18.5. The number of carbonyl (C=O) groups is 3. The van der Waals surface area contributed by atoms with Crippen LogP contribution in [0.1, 0.15) is 38.0 Å². The predicted molar refractivity (Wildman–Crippen MR) is 122 cm³/mol. The van der Waals surface area contributed by atoms with Crippen LogP contribution in [-0.2, 0) is 18.9 Å². The van der Waals surface area contributed by atoms with Gasteiger partial charge in [-0.25, -0.2) is 14.4 Å². The van der Waals surface area contributed by atoms with E-state index in [9.17, 15) is 14.4 Å². The standard InChI is InChI=1S/C27H24O7/c1-18-23(33-26(29)20-13-7-3-8-14-20)24(34-27(30)21-15-9-4-10-16-21)22(32-18)17-31-25(28)19-11-5-2-6-12-19/h2-16,18,22-24H,17H2,1H3/t18?,22-,23?,24+/m1/s1. The van der Waals surface area contributed by atoms with Gasteiger partial charge in [0.05, 0.1) is 22.8 Å². The minimum atomic E-state index is -0.973. The highest BCUT2D eigenvalue weighted by atomic mass is 16.6. The largest absolute Gasteiger partial charge is 0.459 e. The van der Waals surface area contributed by atoms with E-state index >= 15 is 0 Å². The van der Waals surface area contributed by atoms with E-state index in [0.717, 1.165) is 0 Å². The maximum Gasteiger partial charge on any atom is 0.338 e. The molecule has 0 amide bonds. The summed E-state index contributed by atoms with van der Waals surface area (Å²) in [5.74, 6) is -1.69. The van der Waals surface area contributed by atoms with Crippen molar-refractivity contribution in [2.75, 3.05) is 6.61 Å². The number of carbonyl (C=O) groups excluding carboxylic acids is 3. The van der Waals surface area contributed by atoms with Crippen molar-refractivity contribution in [2.24, 2.45) is 0 Å². The monoisotopic (exact) mass is 460 g/mol. The zero-order valence-electron chi connectivity index (χ0n) is 18.5. The molecule has 34 heavy (non-hydrogen) atoms. The van der Waals surface area contributed by atoms with Crippen LogP contribution in [-0.4, -0.2) is 48.9 Å². The third-order valence-electron chi connectivity index (χ3n) is 5.44. The second kappa shape index (κ2) is 10.8. The van der Waals surface area contributed by atoms with E-state index in [-0.39, 0.29) is 6.61 Å². The molecule has 1 saturated heterocycles. The molecule has 4 rings (SSSR count). The summed E-state index contributed by atoms with van der Waals surface area (Å²) in [5.41, 5.74) is 1.09. The lowest BCUT2D eigenvalue weighted by Gasteiger charge is -2.24. The lowest BCUT2D eigenvalue weighted by molar-refractivity contribution is -0.0442. The number of benzene rings is 3. The molecule has 0 N–H and O–H groups in total. The summed E-state index contributed by atoms with van der Waals surface area (Å²) < 4.78 is 22.8. The van der Waals surface area contributed by atoms with Gasteiger partial charge >= 0.3 is 17.9 Å². The van der Waals surface area contributed by atoms with Crippen LogP contribution in [0.15, 0.2) is 91.0 Å². The minimum absolute atomic E-state index is 0.176. The summed E-state index contributed by atoms with van der Waals surface area (Å²) in [6.45, 7) is 1.54. The fraction of sp³-hybridized carbons (Fsp3) is 0.222. The lowest BCUT2D eigenvalue weighted by Crippen LogP contribution is -2.41. The van der Waals surface area contributed by atoms with E-state index in [1.54, 1.807) is 97.9 Å². The van der Waals surface area contributed by atoms with Gasteiger partial charge in [-0.05, 0) is 43.3 Å². The number of hydrogen-bond donors (Lipinski definition) is 0. The van der Waals surface area contributed by atoms with Crippen molar-refractivity contribution in [3.05, 3.63) is 108 Å². The van der Waals surface area contributed by atoms with Crippen molar-refractivity contribution in [1.82, 2.24) is 0 Å². The molecule has 3 aromatic rings. The average Bonchev–Trinajstić information content (AvgIpc) is 3.17. The Labute approximate surface area is 197 Å². The van der Waals surface area contributed by atoms with Crippen LogP contribution in [0.3, 0.4) is 0 Å². The fourth-order valence-corrected chi connectivity index (χ4v) is 3.70. The Morgan fingerprint density at radius 1 is 0.647 bits per heavy atom. The van der Waals surface area contributed by atoms with Crippen LogP contribution in [0, 0.1) is 0 Å². The molecule has 2 unspecified atom stereocenters. The highest BCUT2D eigenvalue weighted by Gasteiger charge is 2.48. The SMILES string of the molecule is CC1O[C@H](COC(=O)c2ccccc2)[C@H](OC(=O)c2ccccc2)C1OC(=O)c1ccccc1. The van der Waals surface area contributed by atoms with Gasteiger partial charge in [0.15, 0.2) is 12.2 Å². The molecule has 0 aliphatic carbocycles. The van der Waals surface area contributed by atoms with Gasteiger partial charge in [0.25, 0.3) is 0 Å². The average molecular weight is 460 g/mol. The Kier molecular flexibility index (Phi) is 7.34. The fourth-order valence-electron chi connectivity index (χ4n) is 3.70. The highest BCUT2D eigenvalue weighted by Crippen LogP contribution is 2.29. The molecule has 1 aliphatic heterocycles. The third-order valence-corrected chi connectivity index (χ3v) is 5.44. The molecule has 7 nitrogen and oxygen atoms in total. The van der Waals surface area contributed by atoms with E-state index in [0.29, 0.717) is 16.7 Å². The zero-order chi connectivity index (χ0) is 23.9. The van der Waals surface area contributed by atoms with Gasteiger partial charge in [-0.1, -0.05) is 54.6 Å². The van der Waals surface area contributed by atoms with Crippen LogP contribution < -0.4 is 0 Å². The van der Waals surface area contributed by atoms with Gasteiger partial charge in [0.1, 0.15) is 12.7 Å². The number of rotatable bonds is 7. The van der Waals surface area contributed by atoms with Gasteiger partial charge in [0, 0.05) is 0 Å². The molecule has 0 radical (unpaired) electrons. The van der Waals surface area contributed by atoms with E-state index in [1.165, 1.54) is 0 Å². The topological polar surface area (TPSA) is 88.1 Å². The maximum absolute atomic E-state index is 12.8. The van der Waals surface area contributed by atoms with Crippen molar-refractivity contribution < 1.29 is 33.3 Å². The van der Waals surface area contributed by atoms with Crippen LogP contribution in [0.5, 0.6) is 0 Å². The minimum Gasteiger partial charge on any atom is -0.459 e. The van der Waals surface area contributed by atoms with Gasteiger partial charge in [-0.15, -0.1) is 0 Å². The molecule has 1 heterocycles. The van der Waals surface area contributed by atoms with Crippen molar-refractivity contribution in [3.63, 3.8) is 0 Å². The van der Waals surface area contributed by atoms with Crippen LogP contribution in [0.4, 0.5) is 0 Å². The number of esters is 3. The molecular formula is C27H24O7. The van der Waals surface area contributed by atoms with Gasteiger partial charge in [0.2, 0.25) is 0 Å². The summed E-state index contributed by atoms with van der Waals surface area (Å²) in [7, 11) is 0. The molecule has 4 atom stereocenters. The first-order valence-corrected chi connectivity index (χ1v) is 10.9. The first-order chi connectivity index (χ1) is 16.5. The third kappa shape index (κ3) is 5.50. The quantitative estimate of drug-likeness (QED) is 0.388. The van der Waals surface area contributed by atoms with Crippen molar-refractivity contribution in [2.45, 2.75) is 31.3 Å². The van der Waals surface area contributed by atoms with E-state index in [4.69, 9.17) is 18.9 Å². The van der Waals surface area contributed by atoms with Gasteiger partial charge in [-0.3, -0.25) is 0 Å². The smallest absolute Gasteiger partial charge is 0.338 e. The molecule has 0 saturated carbocycles. The van der Waals surface area contributed by atoms with E-state index < -0.39 is 42.3 Å². The summed E-state index contributed by atoms with van der Waals surface area (Å²) in [6, 6.07) is 25.5. The normalized spacial score (nSPS) is 21.4. The van der Waals surface area contributed by atoms with Crippen molar-refractivity contribution >= 4 is 17.9 Å². The van der Waals surface area contributed by atoms with Crippen LogP contribution in [0.25, 0.3) is 0 Å². The lowest BCUT2D eigenvalue weighted by atomic mass is 10.1. The second-order valence-corrected chi connectivity index (χ2v) is 7.82. The molecule has 1 fully saturated rings. The molecule has 0 spiro atoms. The van der Waals surface area contributed by atoms with E-state index in [2.05, 4.69) is 0 Å². The molecule has 174 valence electrons. The summed E-state index contributed by atoms with van der Waals surface area (Å²) in [5, 5.41) is 0. The Morgan fingerprint density at radius 2 is 1.06 bits per heavy atom. The molecule has 1 aliphatic rings. The van der Waals surface area contributed by atoms with Crippen molar-refractivity contribution in [1.29, 1.82) is 0 Å². The summed E-state index contributed by atoms with van der Waals surface area (Å²) in [6.07, 6.45) is -3.27. The summed E-state index contributed by atoms with van der Waals surface area (Å²) in [4.78, 5) is 37.9. The maximum atomic E-state index is 12.8. The Balaban J connectivity index is 1.51. The summed E-state index contributed by atoms with van der Waals surface area (Å²) >= 11 is 0. The second-order valence-electron chi connectivity index (χ2n) is 7.82. The molecule has 0 bridgehead atoms. The first-order valence-electron chi connectivity index (χ1n) is 10.9. The number of ether oxygens (including phenoxy) is 4. The van der Waals surface area contributed by atoms with E-state index in [1.807, 2.05) is 0 Å². The highest BCUT2D eigenvalue weighted by molar-refractivity contribution is 5.91. The van der Waals surface area contributed by atoms with Crippen LogP contribution in [0.2, 0.25) is 0 Å². The van der Waals surface area contributed by atoms with Gasteiger partial charge in [-0.2, -0.15) is 0 Å².